The van der Waals surface area contributed by atoms with Gasteiger partial charge < -0.3 is 15.4 Å². The van der Waals surface area contributed by atoms with E-state index in [2.05, 4.69) is 6.07 Å². The summed E-state index contributed by atoms with van der Waals surface area (Å²) in [6.45, 7) is 1.29. The Morgan fingerprint density at radius 1 is 1.13 bits per heavy atom. The van der Waals surface area contributed by atoms with E-state index in [9.17, 15) is 4.79 Å². The van der Waals surface area contributed by atoms with Crippen LogP contribution in [0.5, 0.6) is 5.75 Å². The topological polar surface area (TPSA) is 55.6 Å². The molecule has 1 saturated heterocycles. The van der Waals surface area contributed by atoms with Crippen molar-refractivity contribution in [2.24, 2.45) is 5.73 Å². The van der Waals surface area contributed by atoms with Gasteiger partial charge in [-0.25, -0.2) is 0 Å². The maximum Gasteiger partial charge on any atom is 0.253 e. The summed E-state index contributed by atoms with van der Waals surface area (Å²) in [4.78, 5) is 14.6. The van der Waals surface area contributed by atoms with E-state index in [-0.39, 0.29) is 17.9 Å². The lowest BCUT2D eigenvalue weighted by molar-refractivity contribution is 0.0689. The number of rotatable bonds is 3. The van der Waals surface area contributed by atoms with Crippen LogP contribution in [0.1, 0.15) is 28.3 Å². The first-order valence-corrected chi connectivity index (χ1v) is 7.91. The number of piperidine rings is 1. The van der Waals surface area contributed by atoms with E-state index in [1.807, 2.05) is 53.4 Å². The van der Waals surface area contributed by atoms with E-state index in [0.717, 1.165) is 12.2 Å². The molecular formula is C19H22N2O2. The molecule has 2 N–H and O–H groups in total. The van der Waals surface area contributed by atoms with Crippen LogP contribution >= 0.6 is 0 Å². The van der Waals surface area contributed by atoms with Gasteiger partial charge in [0.1, 0.15) is 5.75 Å². The van der Waals surface area contributed by atoms with Crippen molar-refractivity contribution in [3.63, 3.8) is 0 Å². The summed E-state index contributed by atoms with van der Waals surface area (Å²) in [5.41, 5.74) is 8.10. The minimum atomic E-state index is -0.00684. The molecule has 23 heavy (non-hydrogen) atoms. The lowest BCUT2D eigenvalue weighted by atomic mass is 9.88. The highest BCUT2D eigenvalue weighted by Crippen LogP contribution is 2.29. The molecule has 2 atom stereocenters. The second-order valence-corrected chi connectivity index (χ2v) is 6.05. The molecule has 2 unspecified atom stereocenters. The molecule has 4 heteroatoms. The number of hydrogen-bond donors (Lipinski definition) is 1. The van der Waals surface area contributed by atoms with Gasteiger partial charge in [0.15, 0.2) is 0 Å². The van der Waals surface area contributed by atoms with Crippen LogP contribution in [0.25, 0.3) is 0 Å². The van der Waals surface area contributed by atoms with Crippen LogP contribution < -0.4 is 10.5 Å². The standard InChI is InChI=1S/C19H22N2O2/c1-23-18-9-5-8-15(11-18)16-10-17(20)13-21(12-16)19(22)14-6-3-2-4-7-14/h2-9,11,16-17H,10,12-13,20H2,1H3. The van der Waals surface area contributed by atoms with Crippen LogP contribution in [0.4, 0.5) is 0 Å². The molecule has 0 bridgehead atoms. The average molecular weight is 310 g/mol. The van der Waals surface area contributed by atoms with Crippen molar-refractivity contribution in [1.82, 2.24) is 4.90 Å². The Labute approximate surface area is 136 Å². The van der Waals surface area contributed by atoms with E-state index in [0.29, 0.717) is 18.7 Å². The van der Waals surface area contributed by atoms with Crippen LogP contribution in [0.15, 0.2) is 54.6 Å². The van der Waals surface area contributed by atoms with Gasteiger partial charge in [-0.15, -0.1) is 0 Å². The number of carbonyl (C=O) groups excluding carboxylic acids is 1. The first-order chi connectivity index (χ1) is 11.2. The molecular weight excluding hydrogens is 288 g/mol. The number of benzene rings is 2. The lowest BCUT2D eigenvalue weighted by Gasteiger charge is -2.36. The molecule has 0 spiro atoms. The summed E-state index contributed by atoms with van der Waals surface area (Å²) in [5, 5.41) is 0. The maximum absolute atomic E-state index is 12.7. The number of nitrogens with two attached hydrogens (primary N) is 1. The molecule has 1 aliphatic rings. The summed E-state index contributed by atoms with van der Waals surface area (Å²) >= 11 is 0. The Balaban J connectivity index is 1.80. The van der Waals surface area contributed by atoms with Crippen molar-refractivity contribution in [2.45, 2.75) is 18.4 Å². The molecule has 0 aliphatic carbocycles. The fraction of sp³-hybridized carbons (Fsp3) is 0.316. The average Bonchev–Trinajstić information content (AvgIpc) is 2.61. The zero-order valence-corrected chi connectivity index (χ0v) is 13.3. The smallest absolute Gasteiger partial charge is 0.253 e. The molecule has 0 radical (unpaired) electrons. The number of carbonyl (C=O) groups is 1. The Bertz CT molecular complexity index is 672. The van der Waals surface area contributed by atoms with Crippen molar-refractivity contribution in [1.29, 1.82) is 0 Å². The van der Waals surface area contributed by atoms with E-state index < -0.39 is 0 Å². The zero-order chi connectivity index (χ0) is 16.2. The van der Waals surface area contributed by atoms with Gasteiger partial charge in [0.2, 0.25) is 0 Å². The monoisotopic (exact) mass is 310 g/mol. The summed E-state index contributed by atoms with van der Waals surface area (Å²) < 4.78 is 5.30. The number of methoxy groups -OCH3 is 1. The summed E-state index contributed by atoms with van der Waals surface area (Å²) in [6.07, 6.45) is 0.881. The molecule has 120 valence electrons. The minimum Gasteiger partial charge on any atom is -0.497 e. The molecule has 0 saturated carbocycles. The second-order valence-electron chi connectivity index (χ2n) is 6.05. The summed E-state index contributed by atoms with van der Waals surface area (Å²) in [6, 6.07) is 17.4. The van der Waals surface area contributed by atoms with Crippen molar-refractivity contribution >= 4 is 5.91 Å². The van der Waals surface area contributed by atoms with Gasteiger partial charge in [0.25, 0.3) is 5.91 Å². The number of hydrogen-bond acceptors (Lipinski definition) is 3. The van der Waals surface area contributed by atoms with Crippen molar-refractivity contribution in [3.05, 3.63) is 65.7 Å². The number of likely N-dealkylation sites (tertiary alicyclic amines) is 1. The minimum absolute atomic E-state index is 0.00684. The molecule has 0 aromatic heterocycles. The lowest BCUT2D eigenvalue weighted by Crippen LogP contribution is -2.48. The fourth-order valence-electron chi connectivity index (χ4n) is 3.20. The number of ether oxygens (including phenoxy) is 1. The molecule has 2 aromatic carbocycles. The molecule has 4 nitrogen and oxygen atoms in total. The van der Waals surface area contributed by atoms with Crippen LogP contribution in [0, 0.1) is 0 Å². The molecule has 1 aliphatic heterocycles. The van der Waals surface area contributed by atoms with Crippen molar-refractivity contribution in [2.75, 3.05) is 20.2 Å². The predicted octanol–water partition coefficient (Wildman–Crippen LogP) is 2.65. The summed E-state index contributed by atoms with van der Waals surface area (Å²) in [5.74, 6) is 1.12. The Morgan fingerprint density at radius 2 is 1.91 bits per heavy atom. The molecule has 1 amide bonds. The van der Waals surface area contributed by atoms with Crippen molar-refractivity contribution < 1.29 is 9.53 Å². The molecule has 3 rings (SSSR count). The first kappa shape index (κ1) is 15.6. The number of amides is 1. The van der Waals surface area contributed by atoms with Crippen molar-refractivity contribution in [3.8, 4) is 5.75 Å². The van der Waals surface area contributed by atoms with Crippen LogP contribution in [-0.2, 0) is 0 Å². The van der Waals surface area contributed by atoms with Crippen LogP contribution in [-0.4, -0.2) is 37.0 Å². The van der Waals surface area contributed by atoms with Crippen LogP contribution in [0.2, 0.25) is 0 Å². The fourth-order valence-corrected chi connectivity index (χ4v) is 3.20. The largest absolute Gasteiger partial charge is 0.497 e. The van der Waals surface area contributed by atoms with Gasteiger partial charge in [0, 0.05) is 30.6 Å². The highest BCUT2D eigenvalue weighted by atomic mass is 16.5. The van der Waals surface area contributed by atoms with Gasteiger partial charge in [-0.3, -0.25) is 4.79 Å². The van der Waals surface area contributed by atoms with Crippen LogP contribution in [0.3, 0.4) is 0 Å². The quantitative estimate of drug-likeness (QED) is 0.948. The van der Waals surface area contributed by atoms with E-state index in [1.54, 1.807) is 7.11 Å². The predicted molar refractivity (Wildman–Crippen MR) is 90.7 cm³/mol. The third kappa shape index (κ3) is 3.54. The van der Waals surface area contributed by atoms with Gasteiger partial charge in [0.05, 0.1) is 7.11 Å². The van der Waals surface area contributed by atoms with Gasteiger partial charge >= 0.3 is 0 Å². The third-order valence-corrected chi connectivity index (χ3v) is 4.36. The number of nitrogens with zero attached hydrogens (tertiary/aromatic N) is 1. The van der Waals surface area contributed by atoms with Gasteiger partial charge in [-0.2, -0.15) is 0 Å². The highest BCUT2D eigenvalue weighted by Gasteiger charge is 2.29. The van der Waals surface area contributed by atoms with E-state index in [1.165, 1.54) is 5.56 Å². The second kappa shape index (κ2) is 6.84. The first-order valence-electron chi connectivity index (χ1n) is 7.91. The normalized spacial score (nSPS) is 21.0. The molecule has 1 heterocycles. The SMILES string of the molecule is COc1cccc(C2CC(N)CN(C(=O)c3ccccc3)C2)c1. The Hall–Kier alpha value is -2.33. The highest BCUT2D eigenvalue weighted by molar-refractivity contribution is 5.94. The Kier molecular flexibility index (Phi) is 4.63. The van der Waals surface area contributed by atoms with E-state index >= 15 is 0 Å². The zero-order valence-electron chi connectivity index (χ0n) is 13.3. The summed E-state index contributed by atoms with van der Waals surface area (Å²) in [7, 11) is 1.66. The van der Waals surface area contributed by atoms with Gasteiger partial charge in [-0.1, -0.05) is 30.3 Å². The molecule has 1 fully saturated rings. The Morgan fingerprint density at radius 3 is 2.65 bits per heavy atom. The third-order valence-electron chi connectivity index (χ3n) is 4.36. The molecule has 2 aromatic rings. The maximum atomic E-state index is 12.7. The van der Waals surface area contributed by atoms with Gasteiger partial charge in [-0.05, 0) is 36.2 Å². The van der Waals surface area contributed by atoms with E-state index in [4.69, 9.17) is 10.5 Å².